The molecule has 3 rings (SSSR count). The van der Waals surface area contributed by atoms with Gasteiger partial charge in [0.25, 0.3) is 5.91 Å². The number of carbonyl (C=O) groups excluding carboxylic acids is 2. The number of ether oxygens (including phenoxy) is 2. The van der Waals surface area contributed by atoms with Crippen molar-refractivity contribution >= 4 is 33.3 Å². The van der Waals surface area contributed by atoms with E-state index in [1.54, 1.807) is 13.2 Å². The number of hydrogen-bond donors (Lipinski definition) is 1. The molecule has 0 aliphatic heterocycles. The number of benzene rings is 2. The molecule has 0 unspecified atom stereocenters. The lowest BCUT2D eigenvalue weighted by molar-refractivity contribution is -0.124. The summed E-state index contributed by atoms with van der Waals surface area (Å²) in [7, 11) is 1.62. The third kappa shape index (κ3) is 4.61. The van der Waals surface area contributed by atoms with Crippen LogP contribution in [0.25, 0.3) is 10.1 Å². The van der Waals surface area contributed by atoms with Crippen molar-refractivity contribution < 1.29 is 19.1 Å². The first kappa shape index (κ1) is 17.9. The van der Waals surface area contributed by atoms with Crippen LogP contribution in [0.1, 0.15) is 15.2 Å². The zero-order valence-electron chi connectivity index (χ0n) is 14.4. The number of hydrogen-bond acceptors (Lipinski definition) is 5. The van der Waals surface area contributed by atoms with E-state index in [2.05, 4.69) is 5.32 Å². The Bertz CT molecular complexity index is 869. The van der Waals surface area contributed by atoms with Gasteiger partial charge in [-0.3, -0.25) is 4.79 Å². The van der Waals surface area contributed by atoms with E-state index in [0.717, 1.165) is 21.4 Å². The van der Waals surface area contributed by atoms with Crippen molar-refractivity contribution in [1.82, 2.24) is 5.32 Å². The van der Waals surface area contributed by atoms with Gasteiger partial charge in [0, 0.05) is 11.2 Å². The molecule has 26 heavy (non-hydrogen) atoms. The Kier molecular flexibility index (Phi) is 5.86. The summed E-state index contributed by atoms with van der Waals surface area (Å²) in [5, 5.41) is 3.74. The van der Waals surface area contributed by atoms with Crippen molar-refractivity contribution in [2.45, 2.75) is 6.42 Å². The molecule has 0 radical (unpaired) electrons. The van der Waals surface area contributed by atoms with Gasteiger partial charge in [-0.25, -0.2) is 4.79 Å². The molecule has 1 amide bonds. The SMILES string of the molecule is COc1ccc(CCNC(=O)COC(=O)c2cc3ccccc3s2)cc1. The van der Waals surface area contributed by atoms with Gasteiger partial charge in [-0.1, -0.05) is 30.3 Å². The highest BCUT2D eigenvalue weighted by atomic mass is 32.1. The molecule has 2 aromatic carbocycles. The Morgan fingerprint density at radius 2 is 1.85 bits per heavy atom. The predicted octanol–water partition coefficient (Wildman–Crippen LogP) is 3.43. The highest BCUT2D eigenvalue weighted by Gasteiger charge is 2.13. The molecule has 0 saturated heterocycles. The number of rotatable bonds is 7. The number of amides is 1. The van der Waals surface area contributed by atoms with Crippen molar-refractivity contribution in [3.8, 4) is 5.75 Å². The Morgan fingerprint density at radius 3 is 2.58 bits per heavy atom. The largest absolute Gasteiger partial charge is 0.497 e. The Balaban J connectivity index is 1.42. The first-order valence-corrected chi connectivity index (χ1v) is 9.02. The van der Waals surface area contributed by atoms with E-state index in [4.69, 9.17) is 9.47 Å². The van der Waals surface area contributed by atoms with Gasteiger partial charge in [-0.05, 0) is 41.6 Å². The van der Waals surface area contributed by atoms with Gasteiger partial charge in [-0.2, -0.15) is 0 Å². The molecule has 0 bridgehead atoms. The first-order valence-electron chi connectivity index (χ1n) is 8.21. The van der Waals surface area contributed by atoms with Crippen LogP contribution in [0.2, 0.25) is 0 Å². The molecule has 1 aromatic heterocycles. The van der Waals surface area contributed by atoms with Crippen LogP contribution in [0, 0.1) is 0 Å². The number of carbonyl (C=O) groups is 2. The average Bonchev–Trinajstić information content (AvgIpc) is 3.11. The molecular formula is C20H19NO4S. The third-order valence-electron chi connectivity index (χ3n) is 3.86. The van der Waals surface area contributed by atoms with Crippen LogP contribution in [0.15, 0.2) is 54.6 Å². The second-order valence-corrected chi connectivity index (χ2v) is 6.76. The minimum atomic E-state index is -0.475. The van der Waals surface area contributed by atoms with Gasteiger partial charge < -0.3 is 14.8 Å². The minimum absolute atomic E-state index is 0.282. The van der Waals surface area contributed by atoms with Crippen molar-refractivity contribution in [3.05, 3.63) is 65.0 Å². The molecule has 5 nitrogen and oxygen atoms in total. The number of methoxy groups -OCH3 is 1. The van der Waals surface area contributed by atoms with Crippen molar-refractivity contribution in [2.24, 2.45) is 0 Å². The van der Waals surface area contributed by atoms with Gasteiger partial charge in [-0.15, -0.1) is 11.3 Å². The van der Waals surface area contributed by atoms with Gasteiger partial charge in [0.05, 0.1) is 7.11 Å². The summed E-state index contributed by atoms with van der Waals surface area (Å²) in [6.07, 6.45) is 0.694. The molecular weight excluding hydrogens is 350 g/mol. The van der Waals surface area contributed by atoms with E-state index < -0.39 is 5.97 Å². The highest BCUT2D eigenvalue weighted by Crippen LogP contribution is 2.25. The monoisotopic (exact) mass is 369 g/mol. The zero-order valence-corrected chi connectivity index (χ0v) is 15.2. The summed E-state index contributed by atoms with van der Waals surface area (Å²) in [6, 6.07) is 17.2. The van der Waals surface area contributed by atoms with E-state index in [0.29, 0.717) is 17.8 Å². The van der Waals surface area contributed by atoms with Crippen LogP contribution < -0.4 is 10.1 Å². The van der Waals surface area contributed by atoms with Crippen LogP contribution >= 0.6 is 11.3 Å². The number of nitrogens with one attached hydrogen (secondary N) is 1. The Morgan fingerprint density at radius 1 is 1.08 bits per heavy atom. The van der Waals surface area contributed by atoms with E-state index >= 15 is 0 Å². The van der Waals surface area contributed by atoms with Crippen LogP contribution in [0.4, 0.5) is 0 Å². The summed E-state index contributed by atoms with van der Waals surface area (Å²) in [5.74, 6) is 0.00964. The molecule has 0 spiro atoms. The average molecular weight is 369 g/mol. The number of esters is 1. The number of thiophene rings is 1. The standard InChI is InChI=1S/C20H19NO4S/c1-24-16-8-6-14(7-9-16)10-11-21-19(22)13-25-20(23)18-12-15-4-2-3-5-17(15)26-18/h2-9,12H,10-11,13H2,1H3,(H,21,22). The summed E-state index contributed by atoms with van der Waals surface area (Å²) < 4.78 is 11.2. The topological polar surface area (TPSA) is 64.6 Å². The van der Waals surface area contributed by atoms with Crippen molar-refractivity contribution in [1.29, 1.82) is 0 Å². The maximum absolute atomic E-state index is 12.1. The molecule has 0 aliphatic rings. The summed E-state index contributed by atoms with van der Waals surface area (Å²) >= 11 is 1.36. The Hall–Kier alpha value is -2.86. The normalized spacial score (nSPS) is 10.5. The van der Waals surface area contributed by atoms with Crippen LogP contribution in [-0.4, -0.2) is 32.1 Å². The van der Waals surface area contributed by atoms with E-state index in [1.165, 1.54) is 11.3 Å². The molecule has 3 aromatic rings. The van der Waals surface area contributed by atoms with Gasteiger partial charge >= 0.3 is 5.97 Å². The van der Waals surface area contributed by atoms with Gasteiger partial charge in [0.15, 0.2) is 6.61 Å². The molecule has 1 heterocycles. The number of fused-ring (bicyclic) bond motifs is 1. The molecule has 134 valence electrons. The van der Waals surface area contributed by atoms with E-state index in [1.807, 2.05) is 48.5 Å². The molecule has 0 fully saturated rings. The maximum atomic E-state index is 12.1. The van der Waals surface area contributed by atoms with Crippen LogP contribution in [0.3, 0.4) is 0 Å². The molecule has 1 N–H and O–H groups in total. The minimum Gasteiger partial charge on any atom is -0.497 e. The van der Waals surface area contributed by atoms with Crippen LogP contribution in [-0.2, 0) is 16.0 Å². The molecule has 0 aliphatic carbocycles. The van der Waals surface area contributed by atoms with E-state index in [9.17, 15) is 9.59 Å². The first-order chi connectivity index (χ1) is 12.7. The fraction of sp³-hybridized carbons (Fsp3) is 0.200. The van der Waals surface area contributed by atoms with Gasteiger partial charge in [0.2, 0.25) is 0 Å². The zero-order chi connectivity index (χ0) is 18.4. The van der Waals surface area contributed by atoms with Crippen molar-refractivity contribution in [3.63, 3.8) is 0 Å². The van der Waals surface area contributed by atoms with E-state index in [-0.39, 0.29) is 12.5 Å². The third-order valence-corrected chi connectivity index (χ3v) is 4.95. The summed E-state index contributed by atoms with van der Waals surface area (Å²) in [4.78, 5) is 24.4. The quantitative estimate of drug-likeness (QED) is 0.648. The lowest BCUT2D eigenvalue weighted by Crippen LogP contribution is -2.30. The summed E-state index contributed by atoms with van der Waals surface area (Å²) in [6.45, 7) is 0.196. The molecule has 6 heteroatoms. The Labute approximate surface area is 155 Å². The fourth-order valence-corrected chi connectivity index (χ4v) is 3.43. The predicted molar refractivity (Wildman–Crippen MR) is 102 cm³/mol. The molecule has 0 atom stereocenters. The highest BCUT2D eigenvalue weighted by molar-refractivity contribution is 7.20. The smallest absolute Gasteiger partial charge is 0.348 e. The van der Waals surface area contributed by atoms with Gasteiger partial charge in [0.1, 0.15) is 10.6 Å². The second kappa shape index (κ2) is 8.49. The lowest BCUT2D eigenvalue weighted by Gasteiger charge is -2.06. The summed E-state index contributed by atoms with van der Waals surface area (Å²) in [5.41, 5.74) is 1.09. The fourth-order valence-electron chi connectivity index (χ4n) is 2.47. The van der Waals surface area contributed by atoms with Crippen molar-refractivity contribution in [2.75, 3.05) is 20.3 Å². The molecule has 0 saturated carbocycles. The van der Waals surface area contributed by atoms with Crippen LogP contribution in [0.5, 0.6) is 5.75 Å². The maximum Gasteiger partial charge on any atom is 0.348 e. The second-order valence-electron chi connectivity index (χ2n) is 5.67. The lowest BCUT2D eigenvalue weighted by atomic mass is 10.1.